The molecule has 2 atom stereocenters. The number of alkyl halides is 1. The van der Waals surface area contributed by atoms with E-state index in [0.717, 1.165) is 32.4 Å². The van der Waals surface area contributed by atoms with E-state index in [2.05, 4.69) is 5.32 Å². The molecule has 88 valence electrons. The van der Waals surface area contributed by atoms with E-state index in [1.807, 2.05) is 0 Å². The average molecular weight is 223 g/mol. The predicted octanol–water partition coefficient (Wildman–Crippen LogP) is 2.79. The van der Waals surface area contributed by atoms with Crippen molar-refractivity contribution >= 4 is 0 Å². The molecule has 1 saturated heterocycles. The zero-order valence-electron chi connectivity index (χ0n) is 9.32. The van der Waals surface area contributed by atoms with Crippen molar-refractivity contribution in [1.82, 2.24) is 5.32 Å². The molecule has 1 fully saturated rings. The van der Waals surface area contributed by atoms with Gasteiger partial charge in [-0.1, -0.05) is 12.1 Å². The molecule has 0 radical (unpaired) electrons. The van der Waals surface area contributed by atoms with Gasteiger partial charge in [-0.05, 0) is 56.0 Å². The molecule has 0 spiro atoms. The average Bonchev–Trinajstić information content (AvgIpc) is 2.57. The molecule has 16 heavy (non-hydrogen) atoms. The zero-order valence-corrected chi connectivity index (χ0v) is 9.32. The number of aromatic hydroxyl groups is 1. The van der Waals surface area contributed by atoms with E-state index in [1.54, 1.807) is 24.3 Å². The van der Waals surface area contributed by atoms with Crippen LogP contribution in [0.3, 0.4) is 0 Å². The van der Waals surface area contributed by atoms with E-state index in [0.29, 0.717) is 5.56 Å². The largest absolute Gasteiger partial charge is 0.508 e. The van der Waals surface area contributed by atoms with Gasteiger partial charge in [-0.2, -0.15) is 0 Å². The number of hydrogen-bond donors (Lipinski definition) is 2. The van der Waals surface area contributed by atoms with Crippen molar-refractivity contribution in [2.45, 2.75) is 25.4 Å². The third-order valence-corrected chi connectivity index (χ3v) is 3.25. The van der Waals surface area contributed by atoms with Crippen LogP contribution in [0.5, 0.6) is 5.75 Å². The van der Waals surface area contributed by atoms with Gasteiger partial charge in [-0.15, -0.1) is 0 Å². The van der Waals surface area contributed by atoms with Crippen LogP contribution in [0.2, 0.25) is 0 Å². The lowest BCUT2D eigenvalue weighted by molar-refractivity contribution is 0.215. The standard InChI is InChI=1S/C13H18FNO/c14-13(10-2-1-8-15-9-7-10)11-3-5-12(16)6-4-11/h3-6,10,13,15-16H,1-2,7-9H2. The van der Waals surface area contributed by atoms with Crippen LogP contribution < -0.4 is 5.32 Å². The van der Waals surface area contributed by atoms with Crippen LogP contribution >= 0.6 is 0 Å². The normalized spacial score (nSPS) is 23.7. The topological polar surface area (TPSA) is 32.3 Å². The summed E-state index contributed by atoms with van der Waals surface area (Å²) in [6, 6.07) is 6.46. The fourth-order valence-corrected chi connectivity index (χ4v) is 2.27. The number of rotatable bonds is 2. The molecule has 2 nitrogen and oxygen atoms in total. The second kappa shape index (κ2) is 5.30. The van der Waals surface area contributed by atoms with E-state index in [4.69, 9.17) is 5.11 Å². The first-order valence-electron chi connectivity index (χ1n) is 5.91. The summed E-state index contributed by atoms with van der Waals surface area (Å²) in [7, 11) is 0. The summed E-state index contributed by atoms with van der Waals surface area (Å²) in [4.78, 5) is 0. The Labute approximate surface area is 95.5 Å². The minimum Gasteiger partial charge on any atom is -0.508 e. The van der Waals surface area contributed by atoms with Crippen LogP contribution in [-0.2, 0) is 0 Å². The number of halogens is 1. The van der Waals surface area contributed by atoms with Gasteiger partial charge in [-0.3, -0.25) is 0 Å². The van der Waals surface area contributed by atoms with Gasteiger partial charge in [0, 0.05) is 0 Å². The SMILES string of the molecule is Oc1ccc(C(F)C2CCCNCC2)cc1. The number of benzene rings is 1. The van der Waals surface area contributed by atoms with Crippen molar-refractivity contribution in [2.75, 3.05) is 13.1 Å². The molecule has 0 aromatic heterocycles. The summed E-state index contributed by atoms with van der Waals surface area (Å²) < 4.78 is 14.2. The van der Waals surface area contributed by atoms with Crippen LogP contribution in [0.1, 0.15) is 31.0 Å². The van der Waals surface area contributed by atoms with E-state index < -0.39 is 6.17 Å². The van der Waals surface area contributed by atoms with E-state index in [-0.39, 0.29) is 11.7 Å². The lowest BCUT2D eigenvalue weighted by Gasteiger charge is -2.19. The minimum atomic E-state index is -0.902. The third kappa shape index (κ3) is 2.73. The smallest absolute Gasteiger partial charge is 0.128 e. The molecule has 0 bridgehead atoms. The maximum atomic E-state index is 14.2. The lowest BCUT2D eigenvalue weighted by Crippen LogP contribution is -2.15. The number of phenols is 1. The lowest BCUT2D eigenvalue weighted by atomic mass is 9.91. The number of phenolic OH excluding ortho intramolecular Hbond substituents is 1. The molecule has 1 aliphatic heterocycles. The molecule has 0 aliphatic carbocycles. The number of nitrogens with one attached hydrogen (secondary N) is 1. The molecule has 2 N–H and O–H groups in total. The molecule has 3 heteroatoms. The van der Waals surface area contributed by atoms with Crippen LogP contribution in [0.15, 0.2) is 24.3 Å². The Hall–Kier alpha value is -1.09. The maximum absolute atomic E-state index is 14.2. The summed E-state index contributed by atoms with van der Waals surface area (Å²) in [6.45, 7) is 1.90. The summed E-state index contributed by atoms with van der Waals surface area (Å²) in [5, 5.41) is 12.4. The van der Waals surface area contributed by atoms with Crippen LogP contribution in [0.4, 0.5) is 4.39 Å². The van der Waals surface area contributed by atoms with Crippen molar-refractivity contribution in [3.8, 4) is 5.75 Å². The Morgan fingerprint density at radius 2 is 1.94 bits per heavy atom. The molecule has 1 aromatic rings. The van der Waals surface area contributed by atoms with Crippen LogP contribution in [-0.4, -0.2) is 18.2 Å². The molecule has 0 saturated carbocycles. The van der Waals surface area contributed by atoms with Crippen molar-refractivity contribution < 1.29 is 9.50 Å². The first-order chi connectivity index (χ1) is 7.77. The summed E-state index contributed by atoms with van der Waals surface area (Å²) >= 11 is 0. The maximum Gasteiger partial charge on any atom is 0.128 e. The Morgan fingerprint density at radius 3 is 2.69 bits per heavy atom. The second-order valence-electron chi connectivity index (χ2n) is 4.43. The van der Waals surface area contributed by atoms with Gasteiger partial charge in [0.15, 0.2) is 0 Å². The van der Waals surface area contributed by atoms with Crippen molar-refractivity contribution in [3.63, 3.8) is 0 Å². The quantitative estimate of drug-likeness (QED) is 0.808. The summed E-state index contributed by atoms with van der Waals surface area (Å²) in [6.07, 6.45) is 1.97. The van der Waals surface area contributed by atoms with E-state index >= 15 is 0 Å². The highest BCUT2D eigenvalue weighted by atomic mass is 19.1. The molecule has 1 aromatic carbocycles. The first-order valence-corrected chi connectivity index (χ1v) is 5.91. The van der Waals surface area contributed by atoms with Gasteiger partial charge in [-0.25, -0.2) is 4.39 Å². The van der Waals surface area contributed by atoms with E-state index in [9.17, 15) is 4.39 Å². The fourth-order valence-electron chi connectivity index (χ4n) is 2.27. The van der Waals surface area contributed by atoms with Gasteiger partial charge in [0.1, 0.15) is 11.9 Å². The van der Waals surface area contributed by atoms with Crippen molar-refractivity contribution in [2.24, 2.45) is 5.92 Å². The highest BCUT2D eigenvalue weighted by Crippen LogP contribution is 2.33. The Bertz CT molecular complexity index is 317. The summed E-state index contributed by atoms with van der Waals surface area (Å²) in [5.74, 6) is 0.304. The fraction of sp³-hybridized carbons (Fsp3) is 0.538. The highest BCUT2D eigenvalue weighted by molar-refractivity contribution is 5.27. The monoisotopic (exact) mass is 223 g/mol. The van der Waals surface area contributed by atoms with Crippen molar-refractivity contribution in [1.29, 1.82) is 0 Å². The predicted molar refractivity (Wildman–Crippen MR) is 62.2 cm³/mol. The van der Waals surface area contributed by atoms with Gasteiger partial charge >= 0.3 is 0 Å². The molecule has 1 heterocycles. The molecular formula is C13H18FNO. The molecule has 0 amide bonds. The Kier molecular flexibility index (Phi) is 3.78. The first kappa shape index (κ1) is 11.4. The van der Waals surface area contributed by atoms with Gasteiger partial charge in [0.05, 0.1) is 0 Å². The molecule has 2 rings (SSSR count). The zero-order chi connectivity index (χ0) is 11.4. The van der Waals surface area contributed by atoms with Crippen molar-refractivity contribution in [3.05, 3.63) is 29.8 Å². The van der Waals surface area contributed by atoms with Gasteiger partial charge in [0.2, 0.25) is 0 Å². The van der Waals surface area contributed by atoms with Crippen LogP contribution in [0, 0.1) is 5.92 Å². The summed E-state index contributed by atoms with van der Waals surface area (Å²) in [5.41, 5.74) is 0.685. The number of hydrogen-bond acceptors (Lipinski definition) is 2. The third-order valence-electron chi connectivity index (χ3n) is 3.25. The highest BCUT2D eigenvalue weighted by Gasteiger charge is 2.23. The Morgan fingerprint density at radius 1 is 1.19 bits per heavy atom. The van der Waals surface area contributed by atoms with Gasteiger partial charge < -0.3 is 10.4 Å². The van der Waals surface area contributed by atoms with Crippen LogP contribution in [0.25, 0.3) is 0 Å². The molecule has 2 unspecified atom stereocenters. The Balaban J connectivity index is 2.04. The van der Waals surface area contributed by atoms with Gasteiger partial charge in [0.25, 0.3) is 0 Å². The second-order valence-corrected chi connectivity index (χ2v) is 4.43. The molecular weight excluding hydrogens is 205 g/mol. The van der Waals surface area contributed by atoms with E-state index in [1.165, 1.54) is 0 Å². The minimum absolute atomic E-state index is 0.111. The molecule has 1 aliphatic rings.